The van der Waals surface area contributed by atoms with Crippen LogP contribution in [0.25, 0.3) is 17.2 Å². The van der Waals surface area contributed by atoms with E-state index in [0.29, 0.717) is 0 Å². The van der Waals surface area contributed by atoms with Crippen LogP contribution in [-0.4, -0.2) is 5.12 Å². The van der Waals surface area contributed by atoms with E-state index in [1.165, 1.54) is 33.4 Å². The van der Waals surface area contributed by atoms with Crippen LogP contribution in [0, 0.1) is 6.92 Å². The fraction of sp³-hybridized carbons (Fsp3) is 0.147. The van der Waals surface area contributed by atoms with E-state index in [9.17, 15) is 4.79 Å². The Morgan fingerprint density at radius 1 is 0.757 bits per heavy atom. The van der Waals surface area contributed by atoms with Gasteiger partial charge in [0.2, 0.25) is 5.12 Å². The first kappa shape index (κ1) is 27.8. The molecule has 0 fully saturated rings. The Bertz CT molecular complexity index is 1320. The summed E-state index contributed by atoms with van der Waals surface area (Å²) in [5.74, 6) is 0. The molecule has 0 aliphatic carbocycles. The van der Waals surface area contributed by atoms with Gasteiger partial charge in [0.15, 0.2) is 0 Å². The standard InChI is InChI=1S/C32H29NOS.C2H6/c1-3-29(26-13-6-4-7-14-26)32(30-17-11-10-12-24(30)2)27-21-18-25(19-22-27)20-23-31(34)35-33-28-15-8-5-9-16-28;1-2/h4-23,33H,3H2,1-2H3;1-2H3/b23-20+,32-29+;. The van der Waals surface area contributed by atoms with E-state index in [2.05, 4.69) is 97.4 Å². The van der Waals surface area contributed by atoms with Crippen LogP contribution in [0.1, 0.15) is 55.0 Å². The number of rotatable bonds is 8. The first-order valence-corrected chi connectivity index (χ1v) is 13.6. The Morgan fingerprint density at radius 2 is 1.35 bits per heavy atom. The second kappa shape index (κ2) is 14.7. The van der Waals surface area contributed by atoms with Gasteiger partial charge in [0, 0.05) is 17.6 Å². The van der Waals surface area contributed by atoms with Crippen LogP contribution in [0.2, 0.25) is 0 Å². The monoisotopic (exact) mass is 505 g/mol. The molecule has 0 atom stereocenters. The molecule has 2 nitrogen and oxygen atoms in total. The summed E-state index contributed by atoms with van der Waals surface area (Å²) in [6.45, 7) is 8.38. The maximum absolute atomic E-state index is 12.3. The normalized spacial score (nSPS) is 11.4. The maximum atomic E-state index is 12.3. The third kappa shape index (κ3) is 7.83. The minimum atomic E-state index is -0.0456. The third-order valence-corrected chi connectivity index (χ3v) is 6.52. The molecule has 4 rings (SSSR count). The third-order valence-electron chi connectivity index (χ3n) is 5.85. The maximum Gasteiger partial charge on any atom is 0.232 e. The molecule has 0 unspecified atom stereocenters. The zero-order valence-electron chi connectivity index (χ0n) is 22.1. The molecule has 0 amide bonds. The number of para-hydroxylation sites is 1. The second-order valence-corrected chi connectivity index (χ2v) is 9.04. The Kier molecular flexibility index (Phi) is 11.0. The van der Waals surface area contributed by atoms with Crippen molar-refractivity contribution < 1.29 is 4.79 Å². The molecule has 0 aliphatic heterocycles. The van der Waals surface area contributed by atoms with Gasteiger partial charge >= 0.3 is 0 Å². The molecule has 0 saturated heterocycles. The summed E-state index contributed by atoms with van der Waals surface area (Å²) in [4.78, 5) is 12.3. The van der Waals surface area contributed by atoms with Crippen molar-refractivity contribution in [3.63, 3.8) is 0 Å². The van der Waals surface area contributed by atoms with Crippen molar-refractivity contribution in [1.82, 2.24) is 0 Å². The predicted molar refractivity (Wildman–Crippen MR) is 163 cm³/mol. The predicted octanol–water partition coefficient (Wildman–Crippen LogP) is 9.69. The summed E-state index contributed by atoms with van der Waals surface area (Å²) in [5, 5.41) is -0.0456. The van der Waals surface area contributed by atoms with Crippen molar-refractivity contribution >= 4 is 40.0 Å². The molecule has 0 bridgehead atoms. The van der Waals surface area contributed by atoms with Gasteiger partial charge in [-0.15, -0.1) is 0 Å². The zero-order valence-corrected chi connectivity index (χ0v) is 22.9. The SMILES string of the molecule is CC.CC/C(=C(/c1ccc(/C=C/C(=O)SNc2ccccc2)cc1)c1ccccc1C)c1ccccc1. The lowest BCUT2D eigenvalue weighted by atomic mass is 9.86. The Morgan fingerprint density at radius 3 is 1.97 bits per heavy atom. The second-order valence-electron chi connectivity index (χ2n) is 8.23. The van der Waals surface area contributed by atoms with E-state index in [0.717, 1.165) is 29.6 Å². The average molecular weight is 506 g/mol. The van der Waals surface area contributed by atoms with Gasteiger partial charge in [0.1, 0.15) is 0 Å². The van der Waals surface area contributed by atoms with Crippen LogP contribution < -0.4 is 4.72 Å². The largest absolute Gasteiger partial charge is 0.323 e. The highest BCUT2D eigenvalue weighted by atomic mass is 32.2. The highest BCUT2D eigenvalue weighted by Gasteiger charge is 2.14. The van der Waals surface area contributed by atoms with E-state index in [1.807, 2.05) is 50.3 Å². The number of carbonyl (C=O) groups is 1. The van der Waals surface area contributed by atoms with Crippen LogP contribution in [-0.2, 0) is 4.79 Å². The minimum Gasteiger partial charge on any atom is -0.323 e. The smallest absolute Gasteiger partial charge is 0.232 e. The number of aryl methyl sites for hydroxylation is 1. The van der Waals surface area contributed by atoms with Crippen LogP contribution in [0.4, 0.5) is 5.69 Å². The highest BCUT2D eigenvalue weighted by Crippen LogP contribution is 2.35. The van der Waals surface area contributed by atoms with Gasteiger partial charge in [-0.1, -0.05) is 124 Å². The van der Waals surface area contributed by atoms with Crippen molar-refractivity contribution in [1.29, 1.82) is 0 Å². The molecule has 0 heterocycles. The van der Waals surface area contributed by atoms with Gasteiger partial charge in [0.25, 0.3) is 0 Å². The van der Waals surface area contributed by atoms with E-state index in [1.54, 1.807) is 6.08 Å². The Hall–Kier alpha value is -3.82. The number of nitrogens with one attached hydrogen (secondary N) is 1. The van der Waals surface area contributed by atoms with Crippen molar-refractivity contribution in [3.05, 3.63) is 143 Å². The number of carbonyl (C=O) groups excluding carboxylic acids is 1. The minimum absolute atomic E-state index is 0.0456. The lowest BCUT2D eigenvalue weighted by Crippen LogP contribution is -1.97. The van der Waals surface area contributed by atoms with Crippen molar-refractivity contribution in [2.45, 2.75) is 34.1 Å². The van der Waals surface area contributed by atoms with Gasteiger partial charge in [-0.2, -0.15) is 0 Å². The van der Waals surface area contributed by atoms with Crippen molar-refractivity contribution in [2.24, 2.45) is 0 Å². The molecule has 0 saturated carbocycles. The quantitative estimate of drug-likeness (QED) is 0.147. The first-order chi connectivity index (χ1) is 18.2. The number of hydrogen-bond acceptors (Lipinski definition) is 3. The molecule has 37 heavy (non-hydrogen) atoms. The lowest BCUT2D eigenvalue weighted by molar-refractivity contribution is -0.106. The molecule has 0 spiro atoms. The topological polar surface area (TPSA) is 29.1 Å². The van der Waals surface area contributed by atoms with Crippen molar-refractivity contribution in [2.75, 3.05) is 4.72 Å². The fourth-order valence-corrected chi connectivity index (χ4v) is 4.58. The van der Waals surface area contributed by atoms with Crippen LogP contribution in [0.15, 0.2) is 115 Å². The average Bonchev–Trinajstić information content (AvgIpc) is 2.96. The van der Waals surface area contributed by atoms with E-state index < -0.39 is 0 Å². The highest BCUT2D eigenvalue weighted by molar-refractivity contribution is 8.15. The number of benzene rings is 4. The molecular formula is C34H35NOS. The molecule has 0 aliphatic rings. The first-order valence-electron chi connectivity index (χ1n) is 12.8. The lowest BCUT2D eigenvalue weighted by Gasteiger charge is -2.18. The summed E-state index contributed by atoms with van der Waals surface area (Å²) < 4.78 is 3.07. The number of hydrogen-bond donors (Lipinski definition) is 1. The fourth-order valence-electron chi connectivity index (χ4n) is 4.08. The van der Waals surface area contributed by atoms with Gasteiger partial charge in [-0.05, 0) is 70.5 Å². The van der Waals surface area contributed by atoms with Gasteiger partial charge in [0.05, 0.1) is 0 Å². The molecule has 188 valence electrons. The zero-order chi connectivity index (χ0) is 26.5. The summed E-state index contributed by atoms with van der Waals surface area (Å²) in [6, 6.07) is 37.3. The van der Waals surface area contributed by atoms with Crippen LogP contribution >= 0.6 is 11.9 Å². The summed E-state index contributed by atoms with van der Waals surface area (Å²) in [6.07, 6.45) is 4.39. The number of allylic oxidation sites excluding steroid dienone is 1. The van der Waals surface area contributed by atoms with Crippen LogP contribution in [0.3, 0.4) is 0 Å². The molecule has 3 heteroatoms. The van der Waals surface area contributed by atoms with Gasteiger partial charge in [-0.3, -0.25) is 4.79 Å². The summed E-state index contributed by atoms with van der Waals surface area (Å²) >= 11 is 1.08. The summed E-state index contributed by atoms with van der Waals surface area (Å²) in [7, 11) is 0. The Balaban J connectivity index is 0.00000186. The molecule has 0 aromatic heterocycles. The Labute approximate surface area is 226 Å². The van der Waals surface area contributed by atoms with Crippen LogP contribution in [0.5, 0.6) is 0 Å². The summed E-state index contributed by atoms with van der Waals surface area (Å²) in [5.41, 5.74) is 9.38. The van der Waals surface area contributed by atoms with Crippen molar-refractivity contribution in [3.8, 4) is 0 Å². The molecule has 4 aromatic carbocycles. The van der Waals surface area contributed by atoms with E-state index in [4.69, 9.17) is 0 Å². The number of anilines is 1. The van der Waals surface area contributed by atoms with Gasteiger partial charge < -0.3 is 4.72 Å². The van der Waals surface area contributed by atoms with E-state index >= 15 is 0 Å². The van der Waals surface area contributed by atoms with E-state index in [-0.39, 0.29) is 5.12 Å². The van der Waals surface area contributed by atoms with Gasteiger partial charge in [-0.25, -0.2) is 0 Å². The molecule has 1 N–H and O–H groups in total. The molecular weight excluding hydrogens is 470 g/mol. The molecule has 0 radical (unpaired) electrons. The molecule has 4 aromatic rings.